The largest absolute Gasteiger partial charge is 0.478 e. The SMILES string of the molecule is Cc1ccc(C(=O)Nc2ccccc2C(=O)O)cc1S(=O)(=O)N1CCCCC1. The topological polar surface area (TPSA) is 104 Å². The number of sulfonamides is 1. The van der Waals surface area contributed by atoms with Gasteiger partial charge in [-0.2, -0.15) is 4.31 Å². The van der Waals surface area contributed by atoms with Crippen LogP contribution in [0.15, 0.2) is 47.4 Å². The first-order valence-corrected chi connectivity index (χ1v) is 10.5. The van der Waals surface area contributed by atoms with Crippen LogP contribution in [-0.4, -0.2) is 42.8 Å². The van der Waals surface area contributed by atoms with Gasteiger partial charge in [-0.3, -0.25) is 4.79 Å². The van der Waals surface area contributed by atoms with Crippen molar-refractivity contribution in [3.05, 3.63) is 59.2 Å². The Balaban J connectivity index is 1.91. The number of benzene rings is 2. The fourth-order valence-electron chi connectivity index (χ4n) is 3.24. The minimum absolute atomic E-state index is 0.0378. The van der Waals surface area contributed by atoms with Crippen LogP contribution in [0.4, 0.5) is 5.69 Å². The summed E-state index contributed by atoms with van der Waals surface area (Å²) in [5, 5.41) is 11.8. The standard InChI is InChI=1S/C20H22N2O5S/c1-14-9-10-15(13-18(14)28(26,27)22-11-5-2-6-12-22)19(23)21-17-8-4-3-7-16(17)20(24)25/h3-4,7-10,13H,2,5-6,11-12H2,1H3,(H,21,23)(H,24,25). The number of para-hydroxylation sites is 1. The minimum Gasteiger partial charge on any atom is -0.478 e. The van der Waals surface area contributed by atoms with Gasteiger partial charge in [-0.25, -0.2) is 13.2 Å². The number of hydrogen-bond donors (Lipinski definition) is 2. The van der Waals surface area contributed by atoms with Gasteiger partial charge in [0.2, 0.25) is 10.0 Å². The number of carbonyl (C=O) groups excluding carboxylic acids is 1. The summed E-state index contributed by atoms with van der Waals surface area (Å²) in [4.78, 5) is 24.1. The predicted molar refractivity (Wildman–Crippen MR) is 105 cm³/mol. The summed E-state index contributed by atoms with van der Waals surface area (Å²) < 4.78 is 27.5. The van der Waals surface area contributed by atoms with Gasteiger partial charge in [-0.15, -0.1) is 0 Å². The van der Waals surface area contributed by atoms with Crippen molar-refractivity contribution in [1.29, 1.82) is 0 Å². The molecule has 0 radical (unpaired) electrons. The first-order chi connectivity index (χ1) is 13.3. The number of carboxylic acids is 1. The predicted octanol–water partition coefficient (Wildman–Crippen LogP) is 3.12. The highest BCUT2D eigenvalue weighted by atomic mass is 32.2. The average Bonchev–Trinajstić information content (AvgIpc) is 2.69. The van der Waals surface area contributed by atoms with Crippen LogP contribution in [-0.2, 0) is 10.0 Å². The molecular formula is C20H22N2O5S. The molecule has 148 valence electrons. The normalized spacial score (nSPS) is 15.2. The first-order valence-electron chi connectivity index (χ1n) is 9.05. The van der Waals surface area contributed by atoms with Gasteiger partial charge in [-0.1, -0.05) is 24.6 Å². The molecule has 2 aromatic carbocycles. The van der Waals surface area contributed by atoms with E-state index in [0.29, 0.717) is 18.7 Å². The maximum absolute atomic E-state index is 13.0. The van der Waals surface area contributed by atoms with Crippen molar-refractivity contribution in [3.63, 3.8) is 0 Å². The van der Waals surface area contributed by atoms with E-state index < -0.39 is 21.9 Å². The molecule has 1 aliphatic rings. The highest BCUT2D eigenvalue weighted by Crippen LogP contribution is 2.25. The lowest BCUT2D eigenvalue weighted by atomic mass is 10.1. The molecule has 7 nitrogen and oxygen atoms in total. The van der Waals surface area contributed by atoms with E-state index in [-0.39, 0.29) is 21.7 Å². The molecular weight excluding hydrogens is 380 g/mol. The third-order valence-corrected chi connectivity index (χ3v) is 6.83. The third-order valence-electron chi connectivity index (χ3n) is 4.79. The Bertz CT molecular complexity index is 1010. The molecule has 0 aromatic heterocycles. The number of amides is 1. The van der Waals surface area contributed by atoms with Crippen molar-refractivity contribution in [2.24, 2.45) is 0 Å². The highest BCUT2D eigenvalue weighted by molar-refractivity contribution is 7.89. The molecule has 0 saturated carbocycles. The molecule has 8 heteroatoms. The molecule has 1 heterocycles. The van der Waals surface area contributed by atoms with E-state index >= 15 is 0 Å². The summed E-state index contributed by atoms with van der Waals surface area (Å²) in [6.45, 7) is 2.65. The van der Waals surface area contributed by atoms with Gasteiger partial charge in [0.1, 0.15) is 0 Å². The van der Waals surface area contributed by atoms with Crippen LogP contribution >= 0.6 is 0 Å². The van der Waals surface area contributed by atoms with Gasteiger partial charge in [-0.05, 0) is 49.6 Å². The molecule has 0 bridgehead atoms. The second-order valence-electron chi connectivity index (χ2n) is 6.75. The molecule has 1 saturated heterocycles. The van der Waals surface area contributed by atoms with Gasteiger partial charge in [0, 0.05) is 18.7 Å². The zero-order valence-electron chi connectivity index (χ0n) is 15.5. The second-order valence-corrected chi connectivity index (χ2v) is 8.66. The number of aromatic carboxylic acids is 1. The summed E-state index contributed by atoms with van der Waals surface area (Å²) in [6.07, 6.45) is 2.66. The van der Waals surface area contributed by atoms with Crippen molar-refractivity contribution in [3.8, 4) is 0 Å². The zero-order chi connectivity index (χ0) is 20.3. The highest BCUT2D eigenvalue weighted by Gasteiger charge is 2.28. The van der Waals surface area contributed by atoms with Crippen LogP contribution < -0.4 is 5.32 Å². The van der Waals surface area contributed by atoms with E-state index in [1.165, 1.54) is 28.6 Å². The first kappa shape index (κ1) is 20.0. The summed E-state index contributed by atoms with van der Waals surface area (Å²) in [5.41, 5.74) is 0.833. The molecule has 28 heavy (non-hydrogen) atoms. The van der Waals surface area contributed by atoms with Crippen LogP contribution in [0.5, 0.6) is 0 Å². The molecule has 1 fully saturated rings. The Morgan fingerprint density at radius 1 is 1.04 bits per heavy atom. The summed E-state index contributed by atoms with van der Waals surface area (Å²) >= 11 is 0. The fraction of sp³-hybridized carbons (Fsp3) is 0.300. The Kier molecular flexibility index (Phi) is 5.81. The van der Waals surface area contributed by atoms with Crippen molar-refractivity contribution in [1.82, 2.24) is 4.31 Å². The number of anilines is 1. The Morgan fingerprint density at radius 3 is 2.39 bits per heavy atom. The van der Waals surface area contributed by atoms with Crippen LogP contribution in [0.3, 0.4) is 0 Å². The Labute approximate surface area is 164 Å². The van der Waals surface area contributed by atoms with E-state index in [1.807, 2.05) is 0 Å². The fourth-order valence-corrected chi connectivity index (χ4v) is 5.00. The van der Waals surface area contributed by atoms with Crippen LogP contribution in [0, 0.1) is 6.92 Å². The Hall–Kier alpha value is -2.71. The number of carbonyl (C=O) groups is 2. The van der Waals surface area contributed by atoms with E-state index in [4.69, 9.17) is 0 Å². The van der Waals surface area contributed by atoms with Crippen LogP contribution in [0.25, 0.3) is 0 Å². The van der Waals surface area contributed by atoms with Crippen molar-refractivity contribution < 1.29 is 23.1 Å². The van der Waals surface area contributed by atoms with Gasteiger partial charge >= 0.3 is 5.97 Å². The maximum atomic E-state index is 13.0. The monoisotopic (exact) mass is 402 g/mol. The molecule has 0 unspecified atom stereocenters. The molecule has 1 amide bonds. The molecule has 0 atom stereocenters. The van der Waals surface area contributed by atoms with Gasteiger partial charge in [0.15, 0.2) is 0 Å². The van der Waals surface area contributed by atoms with E-state index in [1.54, 1.807) is 25.1 Å². The number of piperidine rings is 1. The summed E-state index contributed by atoms with van der Waals surface area (Å²) in [5.74, 6) is -1.73. The van der Waals surface area contributed by atoms with E-state index in [2.05, 4.69) is 5.32 Å². The van der Waals surface area contributed by atoms with Gasteiger partial charge in [0.05, 0.1) is 16.1 Å². The average molecular weight is 402 g/mol. The molecule has 0 aliphatic carbocycles. The number of nitrogens with zero attached hydrogens (tertiary/aromatic N) is 1. The summed E-state index contributed by atoms with van der Waals surface area (Å²) in [7, 11) is -3.68. The van der Waals surface area contributed by atoms with E-state index in [9.17, 15) is 23.1 Å². The number of nitrogens with one attached hydrogen (secondary N) is 1. The van der Waals surface area contributed by atoms with E-state index in [0.717, 1.165) is 19.3 Å². The van der Waals surface area contributed by atoms with Crippen molar-refractivity contribution in [2.45, 2.75) is 31.1 Å². The lowest BCUT2D eigenvalue weighted by molar-refractivity contribution is 0.0698. The number of rotatable bonds is 5. The molecule has 2 aromatic rings. The lowest BCUT2D eigenvalue weighted by Gasteiger charge is -2.26. The molecule has 2 N–H and O–H groups in total. The molecule has 1 aliphatic heterocycles. The van der Waals surface area contributed by atoms with Crippen LogP contribution in [0.1, 0.15) is 45.5 Å². The molecule has 0 spiro atoms. The zero-order valence-corrected chi connectivity index (χ0v) is 16.3. The maximum Gasteiger partial charge on any atom is 0.337 e. The summed E-state index contributed by atoms with van der Waals surface area (Å²) in [6, 6.07) is 10.5. The van der Waals surface area contributed by atoms with Gasteiger partial charge < -0.3 is 10.4 Å². The van der Waals surface area contributed by atoms with Gasteiger partial charge in [0.25, 0.3) is 5.91 Å². The van der Waals surface area contributed by atoms with Crippen molar-refractivity contribution >= 4 is 27.6 Å². The Morgan fingerprint density at radius 2 is 1.71 bits per heavy atom. The number of hydrogen-bond acceptors (Lipinski definition) is 4. The van der Waals surface area contributed by atoms with Crippen molar-refractivity contribution in [2.75, 3.05) is 18.4 Å². The third kappa shape index (κ3) is 4.07. The second kappa shape index (κ2) is 8.12. The number of aryl methyl sites for hydroxylation is 1. The number of carboxylic acid groups (broad SMARTS) is 1. The smallest absolute Gasteiger partial charge is 0.337 e. The van der Waals surface area contributed by atoms with Crippen LogP contribution in [0.2, 0.25) is 0 Å². The minimum atomic E-state index is -3.68. The quantitative estimate of drug-likeness (QED) is 0.800. The lowest BCUT2D eigenvalue weighted by Crippen LogP contribution is -2.36. The molecule has 3 rings (SSSR count).